The van der Waals surface area contributed by atoms with E-state index in [1.54, 1.807) is 6.92 Å². The fourth-order valence-corrected chi connectivity index (χ4v) is 1.53. The molecule has 0 saturated carbocycles. The number of halogens is 3. The Balaban J connectivity index is 2.31. The number of nitrogens with two attached hydrogens (primary N) is 1. The number of alkyl halides is 3. The molecular weight excluding hydrogens is 273 g/mol. The Hall–Kier alpha value is -2.35. The zero-order chi connectivity index (χ0) is 14.8. The second-order valence-electron chi connectivity index (χ2n) is 3.92. The van der Waals surface area contributed by atoms with Gasteiger partial charge < -0.3 is 10.2 Å². The minimum atomic E-state index is -4.43. The summed E-state index contributed by atoms with van der Waals surface area (Å²) in [6.07, 6.45) is -3.23. The minimum absolute atomic E-state index is 0.0320. The lowest BCUT2D eigenvalue weighted by molar-refractivity contribution is -0.137. The van der Waals surface area contributed by atoms with Crippen molar-refractivity contribution in [2.45, 2.75) is 13.1 Å². The molecule has 2 rings (SSSR count). The number of hydrogen-bond acceptors (Lipinski definition) is 5. The number of aromatic nitrogens is 2. The van der Waals surface area contributed by atoms with Crippen LogP contribution >= 0.6 is 0 Å². The number of ether oxygens (including phenoxy) is 1. The van der Waals surface area contributed by atoms with Gasteiger partial charge in [-0.15, -0.1) is 0 Å². The van der Waals surface area contributed by atoms with Gasteiger partial charge in [-0.05, 0) is 25.1 Å². The third-order valence-electron chi connectivity index (χ3n) is 2.55. The molecule has 3 N–H and O–H groups in total. The number of hydrogen-bond donors (Lipinski definition) is 2. The summed E-state index contributed by atoms with van der Waals surface area (Å²) >= 11 is 0. The summed E-state index contributed by atoms with van der Waals surface area (Å²) in [4.78, 5) is 7.71. The molecule has 0 unspecified atom stereocenters. The third-order valence-corrected chi connectivity index (χ3v) is 2.55. The first-order valence-corrected chi connectivity index (χ1v) is 5.55. The van der Waals surface area contributed by atoms with Crippen molar-refractivity contribution in [3.63, 3.8) is 0 Å². The van der Waals surface area contributed by atoms with Crippen molar-refractivity contribution in [3.05, 3.63) is 41.7 Å². The number of rotatable bonds is 3. The van der Waals surface area contributed by atoms with Crippen LogP contribution in [0.1, 0.15) is 11.1 Å². The van der Waals surface area contributed by atoms with Crippen molar-refractivity contribution >= 4 is 5.82 Å². The van der Waals surface area contributed by atoms with Crippen LogP contribution in [-0.4, -0.2) is 9.97 Å². The lowest BCUT2D eigenvalue weighted by Gasteiger charge is -2.11. The van der Waals surface area contributed by atoms with Gasteiger partial charge in [-0.25, -0.2) is 15.8 Å². The molecule has 5 nitrogen and oxygen atoms in total. The number of benzene rings is 1. The summed E-state index contributed by atoms with van der Waals surface area (Å²) in [5.41, 5.74) is 2.05. The van der Waals surface area contributed by atoms with Crippen LogP contribution in [0.4, 0.5) is 19.0 Å². The quantitative estimate of drug-likeness (QED) is 0.669. The largest absolute Gasteiger partial charge is 0.439 e. The number of nitrogen functional groups attached to an aromatic ring is 1. The van der Waals surface area contributed by atoms with Crippen LogP contribution in [0.25, 0.3) is 0 Å². The maximum atomic E-state index is 12.6. The molecule has 0 saturated heterocycles. The van der Waals surface area contributed by atoms with Crippen LogP contribution in [-0.2, 0) is 6.18 Å². The Bertz CT molecular complexity index is 616. The van der Waals surface area contributed by atoms with Gasteiger partial charge in [0.2, 0.25) is 5.88 Å². The molecule has 20 heavy (non-hydrogen) atoms. The van der Waals surface area contributed by atoms with Crippen molar-refractivity contribution in [1.29, 1.82) is 0 Å². The molecule has 1 heterocycles. The van der Waals surface area contributed by atoms with E-state index in [1.807, 2.05) is 0 Å². The van der Waals surface area contributed by atoms with Crippen LogP contribution in [0.5, 0.6) is 11.6 Å². The van der Waals surface area contributed by atoms with Gasteiger partial charge in [0.05, 0.1) is 11.1 Å². The molecule has 0 aliphatic rings. The highest BCUT2D eigenvalue weighted by Crippen LogP contribution is 2.33. The first-order valence-electron chi connectivity index (χ1n) is 5.55. The zero-order valence-electron chi connectivity index (χ0n) is 10.4. The molecule has 1 aromatic carbocycles. The van der Waals surface area contributed by atoms with Gasteiger partial charge in [0.25, 0.3) is 0 Å². The lowest BCUT2D eigenvalue weighted by atomic mass is 10.2. The van der Waals surface area contributed by atoms with E-state index in [9.17, 15) is 13.2 Å². The van der Waals surface area contributed by atoms with Crippen molar-refractivity contribution < 1.29 is 17.9 Å². The lowest BCUT2D eigenvalue weighted by Crippen LogP contribution is -2.11. The number of nitrogens with one attached hydrogen (secondary N) is 1. The van der Waals surface area contributed by atoms with E-state index in [1.165, 1.54) is 18.5 Å². The second-order valence-corrected chi connectivity index (χ2v) is 3.92. The molecular formula is C12H11F3N4O. The number of hydrazine groups is 1. The van der Waals surface area contributed by atoms with Crippen LogP contribution < -0.4 is 16.0 Å². The summed E-state index contributed by atoms with van der Waals surface area (Å²) in [6, 6.07) is 4.53. The highest BCUT2D eigenvalue weighted by atomic mass is 19.4. The van der Waals surface area contributed by atoms with E-state index in [-0.39, 0.29) is 11.6 Å². The van der Waals surface area contributed by atoms with Gasteiger partial charge in [0.15, 0.2) is 0 Å². The highest BCUT2D eigenvalue weighted by molar-refractivity contribution is 5.47. The molecule has 0 aliphatic carbocycles. The molecule has 1 aromatic heterocycles. The van der Waals surface area contributed by atoms with Crippen molar-refractivity contribution in [2.24, 2.45) is 5.84 Å². The van der Waals surface area contributed by atoms with Crippen molar-refractivity contribution in [3.8, 4) is 11.6 Å². The SMILES string of the molecule is Cc1c(NN)ncnc1Oc1cccc(C(F)(F)F)c1. The molecule has 0 spiro atoms. The van der Waals surface area contributed by atoms with E-state index >= 15 is 0 Å². The van der Waals surface area contributed by atoms with Crippen molar-refractivity contribution in [1.82, 2.24) is 9.97 Å². The van der Waals surface area contributed by atoms with E-state index in [0.29, 0.717) is 11.4 Å². The van der Waals surface area contributed by atoms with Crippen LogP contribution in [0.3, 0.4) is 0 Å². The Labute approximate surface area is 112 Å². The monoisotopic (exact) mass is 284 g/mol. The summed E-state index contributed by atoms with van der Waals surface area (Å²) in [6.45, 7) is 1.64. The topological polar surface area (TPSA) is 73.1 Å². The van der Waals surface area contributed by atoms with Gasteiger partial charge in [-0.1, -0.05) is 6.07 Å². The van der Waals surface area contributed by atoms with Crippen LogP contribution in [0.2, 0.25) is 0 Å². The summed E-state index contributed by atoms with van der Waals surface area (Å²) < 4.78 is 43.1. The highest BCUT2D eigenvalue weighted by Gasteiger charge is 2.30. The van der Waals surface area contributed by atoms with E-state index in [2.05, 4.69) is 15.4 Å². The van der Waals surface area contributed by atoms with Gasteiger partial charge in [0, 0.05) is 0 Å². The zero-order valence-corrected chi connectivity index (χ0v) is 10.4. The van der Waals surface area contributed by atoms with Gasteiger partial charge >= 0.3 is 6.18 Å². The molecule has 0 fully saturated rings. The Kier molecular flexibility index (Phi) is 3.75. The standard InChI is InChI=1S/C12H11F3N4O/c1-7-10(19-16)17-6-18-11(7)20-9-4-2-3-8(5-9)12(13,14)15/h2-6H,16H2,1H3,(H,17,18,19). The molecule has 0 aliphatic heterocycles. The first-order chi connectivity index (χ1) is 9.41. The molecule has 0 radical (unpaired) electrons. The van der Waals surface area contributed by atoms with Crippen LogP contribution in [0, 0.1) is 6.92 Å². The molecule has 2 aromatic rings. The molecule has 0 atom stereocenters. The van der Waals surface area contributed by atoms with Crippen molar-refractivity contribution in [2.75, 3.05) is 5.43 Å². The third kappa shape index (κ3) is 2.97. The molecule has 8 heteroatoms. The smallest absolute Gasteiger partial charge is 0.416 e. The summed E-state index contributed by atoms with van der Waals surface area (Å²) in [5, 5.41) is 0. The minimum Gasteiger partial charge on any atom is -0.439 e. The summed E-state index contributed by atoms with van der Waals surface area (Å²) in [5.74, 6) is 5.75. The predicted molar refractivity (Wildman–Crippen MR) is 66.1 cm³/mol. The predicted octanol–water partition coefficient (Wildman–Crippen LogP) is 2.88. The van der Waals surface area contributed by atoms with Crippen LogP contribution in [0.15, 0.2) is 30.6 Å². The normalized spacial score (nSPS) is 11.2. The van der Waals surface area contributed by atoms with Gasteiger partial charge in [0.1, 0.15) is 17.9 Å². The Morgan fingerprint density at radius 3 is 2.65 bits per heavy atom. The van der Waals surface area contributed by atoms with E-state index in [0.717, 1.165) is 12.1 Å². The maximum Gasteiger partial charge on any atom is 0.416 e. The number of nitrogens with zero attached hydrogens (tertiary/aromatic N) is 2. The average Bonchev–Trinajstić information content (AvgIpc) is 2.40. The molecule has 0 amide bonds. The fraction of sp³-hybridized carbons (Fsp3) is 0.167. The maximum absolute atomic E-state index is 12.6. The molecule has 0 bridgehead atoms. The average molecular weight is 284 g/mol. The molecule has 106 valence electrons. The first kappa shape index (κ1) is 14.1. The van der Waals surface area contributed by atoms with E-state index in [4.69, 9.17) is 10.6 Å². The Morgan fingerprint density at radius 2 is 2.00 bits per heavy atom. The second kappa shape index (κ2) is 5.33. The summed E-state index contributed by atoms with van der Waals surface area (Å²) in [7, 11) is 0. The fourth-order valence-electron chi connectivity index (χ4n) is 1.53. The number of anilines is 1. The Morgan fingerprint density at radius 1 is 1.25 bits per heavy atom. The van der Waals surface area contributed by atoms with Gasteiger partial charge in [-0.2, -0.15) is 13.2 Å². The van der Waals surface area contributed by atoms with Gasteiger partial charge in [-0.3, -0.25) is 0 Å². The van der Waals surface area contributed by atoms with E-state index < -0.39 is 11.7 Å².